The summed E-state index contributed by atoms with van der Waals surface area (Å²) < 4.78 is 9.91. The maximum Gasteiger partial charge on any atom is 0.591 e. The topological polar surface area (TPSA) is 18.5 Å². The van der Waals surface area contributed by atoms with Gasteiger partial charge in [0, 0.05) is 0 Å². The summed E-state index contributed by atoms with van der Waals surface area (Å²) in [6, 6.07) is 0. The molecule has 0 saturated carbocycles. The van der Waals surface area contributed by atoms with E-state index in [4.69, 9.17) is 9.31 Å². The molecular formula is C5H7BO2. The fourth-order valence-electron chi connectivity index (χ4n) is 0.556. The highest BCUT2D eigenvalue weighted by Gasteiger charge is 2.25. The smallest absolute Gasteiger partial charge is 0.524 e. The first-order valence-electron chi connectivity index (χ1n) is 2.41. The molecule has 3 heteroatoms. The molecular weight excluding hydrogens is 103 g/mol. The zero-order valence-corrected chi connectivity index (χ0v) is 4.81. The molecule has 1 heterocycles. The van der Waals surface area contributed by atoms with Crippen LogP contribution in [0.25, 0.3) is 0 Å². The van der Waals surface area contributed by atoms with Crippen molar-refractivity contribution in [3.8, 4) is 0 Å². The lowest BCUT2D eigenvalue weighted by Gasteiger charge is -1.90. The van der Waals surface area contributed by atoms with Gasteiger partial charge >= 0.3 is 7.12 Å². The van der Waals surface area contributed by atoms with E-state index in [2.05, 4.69) is 13.2 Å². The Morgan fingerprint density at radius 1 is 1.25 bits per heavy atom. The maximum atomic E-state index is 4.96. The van der Waals surface area contributed by atoms with Gasteiger partial charge in [0.25, 0.3) is 0 Å². The van der Waals surface area contributed by atoms with Crippen LogP contribution in [-0.4, -0.2) is 7.12 Å². The van der Waals surface area contributed by atoms with Crippen molar-refractivity contribution in [1.29, 1.82) is 0 Å². The van der Waals surface area contributed by atoms with Gasteiger partial charge in [0.15, 0.2) is 0 Å². The lowest BCUT2D eigenvalue weighted by Crippen LogP contribution is -2.04. The van der Waals surface area contributed by atoms with E-state index in [1.54, 1.807) is 6.82 Å². The van der Waals surface area contributed by atoms with Gasteiger partial charge < -0.3 is 9.31 Å². The summed E-state index contributed by atoms with van der Waals surface area (Å²) in [5.74, 6) is 1.08. The van der Waals surface area contributed by atoms with Crippen LogP contribution in [-0.2, 0) is 9.31 Å². The first-order valence-corrected chi connectivity index (χ1v) is 2.41. The molecule has 1 fully saturated rings. The minimum absolute atomic E-state index is 0.199. The van der Waals surface area contributed by atoms with E-state index in [1.165, 1.54) is 0 Å². The molecule has 0 amide bonds. The fourth-order valence-corrected chi connectivity index (χ4v) is 0.556. The zero-order valence-electron chi connectivity index (χ0n) is 4.81. The van der Waals surface area contributed by atoms with Gasteiger partial charge in [-0.15, -0.1) is 0 Å². The van der Waals surface area contributed by atoms with Crippen molar-refractivity contribution in [1.82, 2.24) is 0 Å². The van der Waals surface area contributed by atoms with Gasteiger partial charge in [-0.3, -0.25) is 0 Å². The van der Waals surface area contributed by atoms with Gasteiger partial charge in [-0.1, -0.05) is 13.2 Å². The third-order valence-corrected chi connectivity index (χ3v) is 0.927. The molecule has 0 unspecified atom stereocenters. The van der Waals surface area contributed by atoms with Crippen LogP contribution in [0.1, 0.15) is 0 Å². The van der Waals surface area contributed by atoms with Gasteiger partial charge in [-0.25, -0.2) is 0 Å². The molecule has 2 nitrogen and oxygen atoms in total. The van der Waals surface area contributed by atoms with Gasteiger partial charge in [0.2, 0.25) is 0 Å². The van der Waals surface area contributed by atoms with E-state index in [-0.39, 0.29) is 7.12 Å². The van der Waals surface area contributed by atoms with E-state index in [0.717, 1.165) is 0 Å². The van der Waals surface area contributed by atoms with Crippen molar-refractivity contribution in [2.24, 2.45) is 0 Å². The molecule has 8 heavy (non-hydrogen) atoms. The van der Waals surface area contributed by atoms with Crippen LogP contribution in [0.4, 0.5) is 0 Å². The maximum absolute atomic E-state index is 4.96. The standard InChI is InChI=1S/C5H7BO2/c1-4-5(2)8-6(3)7-4/h1-2H2,3H3. The summed E-state index contributed by atoms with van der Waals surface area (Å²) in [6.45, 7) is 8.87. The Hall–Kier alpha value is -0.855. The lowest BCUT2D eigenvalue weighted by atomic mass is 9.97. The van der Waals surface area contributed by atoms with Gasteiger partial charge in [-0.05, 0) is 6.82 Å². The number of rotatable bonds is 0. The quantitative estimate of drug-likeness (QED) is 0.436. The molecule has 0 aromatic carbocycles. The summed E-state index contributed by atoms with van der Waals surface area (Å²) in [4.78, 5) is 0. The third-order valence-electron chi connectivity index (χ3n) is 0.927. The lowest BCUT2D eigenvalue weighted by molar-refractivity contribution is 0.423. The molecule has 1 saturated heterocycles. The average molecular weight is 110 g/mol. The number of hydrogen-bond acceptors (Lipinski definition) is 2. The summed E-state index contributed by atoms with van der Waals surface area (Å²) in [5, 5.41) is 0. The molecule has 0 bridgehead atoms. The summed E-state index contributed by atoms with van der Waals surface area (Å²) in [7, 11) is -0.199. The van der Waals surface area contributed by atoms with Crippen molar-refractivity contribution in [2.45, 2.75) is 6.82 Å². The molecule has 0 aliphatic carbocycles. The fraction of sp³-hybridized carbons (Fsp3) is 0.200. The molecule has 0 N–H and O–H groups in total. The zero-order chi connectivity index (χ0) is 6.15. The van der Waals surface area contributed by atoms with E-state index in [9.17, 15) is 0 Å². The first-order chi connectivity index (χ1) is 3.70. The van der Waals surface area contributed by atoms with E-state index in [1.807, 2.05) is 0 Å². The highest BCUT2D eigenvalue weighted by molar-refractivity contribution is 6.44. The highest BCUT2D eigenvalue weighted by atomic mass is 16.6. The van der Waals surface area contributed by atoms with Crippen molar-refractivity contribution in [3.05, 3.63) is 24.7 Å². The van der Waals surface area contributed by atoms with E-state index < -0.39 is 0 Å². The summed E-state index contributed by atoms with van der Waals surface area (Å²) in [6.07, 6.45) is 0. The Morgan fingerprint density at radius 3 is 1.75 bits per heavy atom. The Bertz CT molecular complexity index is 125. The molecule has 0 spiro atoms. The average Bonchev–Trinajstić information content (AvgIpc) is 1.85. The van der Waals surface area contributed by atoms with Crippen LogP contribution >= 0.6 is 0 Å². The molecule has 0 atom stereocenters. The van der Waals surface area contributed by atoms with Crippen LogP contribution in [0.3, 0.4) is 0 Å². The predicted molar refractivity (Wildman–Crippen MR) is 32.1 cm³/mol. The van der Waals surface area contributed by atoms with Crippen molar-refractivity contribution >= 4 is 7.12 Å². The molecule has 0 aromatic heterocycles. The van der Waals surface area contributed by atoms with Crippen molar-refractivity contribution < 1.29 is 9.31 Å². The van der Waals surface area contributed by atoms with Crippen molar-refractivity contribution in [2.75, 3.05) is 0 Å². The molecule has 1 aliphatic heterocycles. The SMILES string of the molecule is C=C1OB(C)OC1=C. The van der Waals surface area contributed by atoms with Crippen LogP contribution in [0, 0.1) is 0 Å². The summed E-state index contributed by atoms with van der Waals surface area (Å²) in [5.41, 5.74) is 0. The molecule has 0 aromatic rings. The van der Waals surface area contributed by atoms with E-state index >= 15 is 0 Å². The first kappa shape index (κ1) is 5.28. The van der Waals surface area contributed by atoms with Crippen LogP contribution in [0.2, 0.25) is 6.82 Å². The second kappa shape index (κ2) is 1.58. The third kappa shape index (κ3) is 0.712. The van der Waals surface area contributed by atoms with Crippen LogP contribution < -0.4 is 0 Å². The molecule has 1 rings (SSSR count). The normalized spacial score (nSPS) is 18.4. The molecule has 1 aliphatic rings. The van der Waals surface area contributed by atoms with Crippen LogP contribution in [0.5, 0.6) is 0 Å². The number of hydrogen-bond donors (Lipinski definition) is 0. The van der Waals surface area contributed by atoms with Gasteiger partial charge in [0.1, 0.15) is 11.5 Å². The largest absolute Gasteiger partial charge is 0.591 e. The molecule has 42 valence electrons. The second-order valence-electron chi connectivity index (χ2n) is 1.65. The predicted octanol–water partition coefficient (Wildman–Crippen LogP) is 1.18. The monoisotopic (exact) mass is 110 g/mol. The Kier molecular flexibility index (Phi) is 1.04. The minimum atomic E-state index is -0.199. The second-order valence-corrected chi connectivity index (χ2v) is 1.65. The Labute approximate surface area is 48.9 Å². The van der Waals surface area contributed by atoms with Gasteiger partial charge in [-0.2, -0.15) is 0 Å². The van der Waals surface area contributed by atoms with Crippen LogP contribution in [0.15, 0.2) is 24.7 Å². The molecule has 0 radical (unpaired) electrons. The van der Waals surface area contributed by atoms with Crippen molar-refractivity contribution in [3.63, 3.8) is 0 Å². The Balaban J connectivity index is 2.64. The minimum Gasteiger partial charge on any atom is -0.524 e. The van der Waals surface area contributed by atoms with E-state index in [0.29, 0.717) is 11.5 Å². The highest BCUT2D eigenvalue weighted by Crippen LogP contribution is 2.19. The summed E-state index contributed by atoms with van der Waals surface area (Å²) >= 11 is 0. The van der Waals surface area contributed by atoms with Gasteiger partial charge in [0.05, 0.1) is 0 Å². The Morgan fingerprint density at radius 2 is 1.62 bits per heavy atom.